The minimum atomic E-state index is 1.07. The summed E-state index contributed by atoms with van der Waals surface area (Å²) in [6.07, 6.45) is 3.89. The summed E-state index contributed by atoms with van der Waals surface area (Å²) < 4.78 is 5.32. The van der Waals surface area contributed by atoms with Crippen LogP contribution < -0.4 is 4.57 Å². The van der Waals surface area contributed by atoms with Crippen LogP contribution in [-0.4, -0.2) is 14.8 Å². The van der Waals surface area contributed by atoms with Crippen molar-refractivity contribution in [2.24, 2.45) is 7.05 Å². The highest BCUT2D eigenvalue weighted by molar-refractivity contribution is 7.24. The molecule has 4 rings (SSSR count). The van der Waals surface area contributed by atoms with E-state index >= 15 is 0 Å². The van der Waals surface area contributed by atoms with E-state index in [0.29, 0.717) is 0 Å². The summed E-state index contributed by atoms with van der Waals surface area (Å²) in [7, 11) is 2.08. The zero-order valence-electron chi connectivity index (χ0n) is 11.2. The van der Waals surface area contributed by atoms with Gasteiger partial charge in [-0.25, -0.2) is 9.08 Å². The first-order chi connectivity index (χ1) is 9.75. The highest BCUT2D eigenvalue weighted by atomic mass is 32.1. The van der Waals surface area contributed by atoms with Crippen LogP contribution >= 0.6 is 11.3 Å². The van der Waals surface area contributed by atoms with Gasteiger partial charge < -0.3 is 0 Å². The molecule has 4 aromatic rings. The molecule has 1 aromatic carbocycles. The molecule has 0 atom stereocenters. The quantitative estimate of drug-likeness (QED) is 0.503. The maximum absolute atomic E-state index is 4.16. The molecule has 0 spiro atoms. The Labute approximate surface area is 119 Å². The Morgan fingerprint density at radius 3 is 2.95 bits per heavy atom. The predicted molar refractivity (Wildman–Crippen MR) is 79.7 cm³/mol. The van der Waals surface area contributed by atoms with Crippen molar-refractivity contribution in [3.05, 3.63) is 48.3 Å². The van der Waals surface area contributed by atoms with E-state index in [4.69, 9.17) is 0 Å². The molecular weight excluding hydrogens is 268 g/mol. The molecular formula is C15H13N4S+. The van der Waals surface area contributed by atoms with Crippen molar-refractivity contribution in [3.8, 4) is 11.3 Å². The lowest BCUT2D eigenvalue weighted by Gasteiger charge is -2.05. The lowest BCUT2D eigenvalue weighted by molar-refractivity contribution is -0.660. The van der Waals surface area contributed by atoms with Gasteiger partial charge in [-0.05, 0) is 24.6 Å². The van der Waals surface area contributed by atoms with Gasteiger partial charge in [-0.2, -0.15) is 0 Å². The standard InChI is InChI=1S/C15H13N4S/c1-10-6-7-12-15(20-13-9-16-17-19(12)13)14(10)11-5-3-4-8-18(11)2/h3-9H,1-2H3/q+1. The van der Waals surface area contributed by atoms with E-state index in [1.165, 1.54) is 21.5 Å². The number of pyridine rings is 1. The van der Waals surface area contributed by atoms with Gasteiger partial charge in [-0.15, -0.1) is 16.4 Å². The van der Waals surface area contributed by atoms with Crippen molar-refractivity contribution in [2.75, 3.05) is 0 Å². The molecule has 3 heterocycles. The molecule has 3 aromatic heterocycles. The van der Waals surface area contributed by atoms with Gasteiger partial charge in [0.05, 0.1) is 22.0 Å². The van der Waals surface area contributed by atoms with E-state index in [9.17, 15) is 0 Å². The number of hydrogen-bond acceptors (Lipinski definition) is 3. The van der Waals surface area contributed by atoms with Crippen LogP contribution in [0.25, 0.3) is 26.3 Å². The third-order valence-corrected chi connectivity index (χ3v) is 4.71. The van der Waals surface area contributed by atoms with Gasteiger partial charge in [0.2, 0.25) is 5.69 Å². The molecule has 0 N–H and O–H groups in total. The van der Waals surface area contributed by atoms with Crippen molar-refractivity contribution in [1.29, 1.82) is 0 Å². The Balaban J connectivity index is 2.17. The molecule has 0 saturated heterocycles. The van der Waals surface area contributed by atoms with Crippen molar-refractivity contribution in [3.63, 3.8) is 0 Å². The van der Waals surface area contributed by atoms with Crippen molar-refractivity contribution >= 4 is 26.4 Å². The number of aryl methyl sites for hydroxylation is 2. The smallest absolute Gasteiger partial charge is 0.202 e. The minimum Gasteiger partial charge on any atom is -0.202 e. The molecule has 0 unspecified atom stereocenters. The number of benzene rings is 1. The summed E-state index contributed by atoms with van der Waals surface area (Å²) >= 11 is 1.74. The monoisotopic (exact) mass is 281 g/mol. The molecule has 0 aliphatic heterocycles. The number of hydrogen-bond donors (Lipinski definition) is 0. The van der Waals surface area contributed by atoms with E-state index in [1.54, 1.807) is 11.3 Å². The van der Waals surface area contributed by atoms with E-state index < -0.39 is 0 Å². The van der Waals surface area contributed by atoms with Crippen LogP contribution in [0.4, 0.5) is 0 Å². The van der Waals surface area contributed by atoms with Gasteiger partial charge in [0.25, 0.3) is 0 Å². The summed E-state index contributed by atoms with van der Waals surface area (Å²) in [6.45, 7) is 2.16. The summed E-state index contributed by atoms with van der Waals surface area (Å²) in [5, 5.41) is 8.14. The SMILES string of the molecule is Cc1ccc2c(sc3cnnn32)c1-c1cccc[n+]1C. The van der Waals surface area contributed by atoms with E-state index in [-0.39, 0.29) is 0 Å². The fourth-order valence-corrected chi connectivity index (χ4v) is 3.77. The van der Waals surface area contributed by atoms with Gasteiger partial charge in [0, 0.05) is 12.1 Å². The minimum absolute atomic E-state index is 1.07. The van der Waals surface area contributed by atoms with Gasteiger partial charge in [-0.3, -0.25) is 0 Å². The molecule has 0 radical (unpaired) electrons. The zero-order valence-corrected chi connectivity index (χ0v) is 12.1. The normalized spacial score (nSPS) is 11.5. The third-order valence-electron chi connectivity index (χ3n) is 3.61. The van der Waals surface area contributed by atoms with Crippen LogP contribution in [-0.2, 0) is 7.05 Å². The average molecular weight is 281 g/mol. The molecule has 98 valence electrons. The Bertz CT molecular complexity index is 936. The molecule has 0 fully saturated rings. The number of fused-ring (bicyclic) bond motifs is 3. The first kappa shape index (κ1) is 11.5. The molecule has 4 nitrogen and oxygen atoms in total. The second-order valence-electron chi connectivity index (χ2n) is 4.89. The van der Waals surface area contributed by atoms with Gasteiger partial charge in [0.15, 0.2) is 6.20 Å². The summed E-state index contributed by atoms with van der Waals surface area (Å²) in [5.41, 5.74) is 4.89. The first-order valence-corrected chi connectivity index (χ1v) is 7.25. The molecule has 20 heavy (non-hydrogen) atoms. The lowest BCUT2D eigenvalue weighted by atomic mass is 10.0. The maximum Gasteiger partial charge on any atom is 0.214 e. The fourth-order valence-electron chi connectivity index (χ4n) is 2.61. The van der Waals surface area contributed by atoms with Crippen LogP contribution in [0.15, 0.2) is 42.7 Å². The largest absolute Gasteiger partial charge is 0.214 e. The Hall–Kier alpha value is -2.27. The second-order valence-corrected chi connectivity index (χ2v) is 5.92. The van der Waals surface area contributed by atoms with Crippen LogP contribution in [0, 0.1) is 6.92 Å². The number of rotatable bonds is 1. The van der Waals surface area contributed by atoms with Gasteiger partial charge in [-0.1, -0.05) is 11.3 Å². The second kappa shape index (κ2) is 4.11. The van der Waals surface area contributed by atoms with Crippen LogP contribution in [0.1, 0.15) is 5.56 Å². The number of nitrogens with zero attached hydrogens (tertiary/aromatic N) is 4. The first-order valence-electron chi connectivity index (χ1n) is 6.43. The van der Waals surface area contributed by atoms with Crippen molar-refractivity contribution in [2.45, 2.75) is 6.92 Å². The van der Waals surface area contributed by atoms with Crippen molar-refractivity contribution in [1.82, 2.24) is 14.8 Å². The molecule has 5 heteroatoms. The van der Waals surface area contributed by atoms with Crippen LogP contribution in [0.5, 0.6) is 0 Å². The Kier molecular flexibility index (Phi) is 2.37. The average Bonchev–Trinajstić information content (AvgIpc) is 3.00. The summed E-state index contributed by atoms with van der Waals surface area (Å²) in [4.78, 5) is 1.07. The van der Waals surface area contributed by atoms with Gasteiger partial charge >= 0.3 is 0 Å². The maximum atomic E-state index is 4.16. The van der Waals surface area contributed by atoms with E-state index in [2.05, 4.69) is 59.3 Å². The van der Waals surface area contributed by atoms with Gasteiger partial charge in [0.1, 0.15) is 11.9 Å². The number of thiazole rings is 1. The summed E-state index contributed by atoms with van der Waals surface area (Å²) in [6, 6.07) is 10.5. The highest BCUT2D eigenvalue weighted by Crippen LogP contribution is 2.35. The number of aromatic nitrogens is 4. The topological polar surface area (TPSA) is 34.1 Å². The lowest BCUT2D eigenvalue weighted by Crippen LogP contribution is -2.30. The third kappa shape index (κ3) is 1.50. The fraction of sp³-hybridized carbons (Fsp3) is 0.133. The molecule has 0 bridgehead atoms. The van der Waals surface area contributed by atoms with E-state index in [1.807, 2.05) is 16.8 Å². The molecule has 0 saturated carbocycles. The Morgan fingerprint density at radius 2 is 2.10 bits per heavy atom. The van der Waals surface area contributed by atoms with E-state index in [0.717, 1.165) is 10.3 Å². The Morgan fingerprint density at radius 1 is 1.20 bits per heavy atom. The summed E-state index contributed by atoms with van der Waals surface area (Å²) in [5.74, 6) is 0. The van der Waals surface area contributed by atoms with Crippen LogP contribution in [0.2, 0.25) is 0 Å². The highest BCUT2D eigenvalue weighted by Gasteiger charge is 2.18. The predicted octanol–water partition coefficient (Wildman–Crippen LogP) is 2.74. The van der Waals surface area contributed by atoms with Crippen LogP contribution in [0.3, 0.4) is 0 Å². The molecule has 0 aliphatic carbocycles. The molecule has 0 aliphatic rings. The zero-order chi connectivity index (χ0) is 13.7. The van der Waals surface area contributed by atoms with Crippen molar-refractivity contribution < 1.29 is 4.57 Å². The molecule has 0 amide bonds.